The Labute approximate surface area is 373 Å². The Balaban J connectivity index is 1.40. The fourth-order valence-corrected chi connectivity index (χ4v) is 11.2. The molecule has 2 nitrogen and oxygen atoms in total. The van der Waals surface area contributed by atoms with Gasteiger partial charge in [0, 0.05) is 43.1 Å². The number of hydrogen-bond acceptors (Lipinski definition) is 0. The van der Waals surface area contributed by atoms with Crippen molar-refractivity contribution in [1.82, 2.24) is 8.80 Å². The minimum Gasteiger partial charge on any atom is -0.308 e. The van der Waals surface area contributed by atoms with E-state index in [1.54, 1.807) is 0 Å². The van der Waals surface area contributed by atoms with Crippen LogP contribution in [-0.4, -0.2) is 8.80 Å². The number of rotatable bonds is 7. The molecule has 0 amide bonds. The molecule has 0 unspecified atom stereocenters. The molecule has 11 aromatic rings. The minimum atomic E-state index is 0.102. The van der Waals surface area contributed by atoms with Crippen molar-refractivity contribution in [3.8, 4) is 22.3 Å². The molecule has 0 atom stereocenters. The van der Waals surface area contributed by atoms with Crippen molar-refractivity contribution in [1.29, 1.82) is 0 Å². The van der Waals surface area contributed by atoms with Gasteiger partial charge < -0.3 is 8.80 Å². The topological polar surface area (TPSA) is 8.82 Å². The van der Waals surface area contributed by atoms with Crippen LogP contribution in [0, 0.1) is 0 Å². The van der Waals surface area contributed by atoms with E-state index in [2.05, 4.69) is 208 Å². The Morgan fingerprint density at radius 1 is 0.333 bits per heavy atom. The molecular weight excluding hydrogens is 761 g/mol. The van der Waals surface area contributed by atoms with Gasteiger partial charge in [0.2, 0.25) is 0 Å². The van der Waals surface area contributed by atoms with Crippen molar-refractivity contribution in [2.45, 2.75) is 125 Å². The number of hydrogen-bond donors (Lipinski definition) is 0. The second-order valence-electron chi connectivity index (χ2n) is 21.6. The Hall–Kier alpha value is -5.86. The van der Waals surface area contributed by atoms with Crippen molar-refractivity contribution in [2.24, 2.45) is 0 Å². The summed E-state index contributed by atoms with van der Waals surface area (Å²) in [4.78, 5) is 0. The fourth-order valence-electron chi connectivity index (χ4n) is 11.2. The molecule has 0 saturated heterocycles. The zero-order valence-corrected chi connectivity index (χ0v) is 39.7. The molecule has 0 fully saturated rings. The largest absolute Gasteiger partial charge is 0.308 e. The van der Waals surface area contributed by atoms with E-state index in [4.69, 9.17) is 0 Å². The Morgan fingerprint density at radius 2 is 0.698 bits per heavy atom. The maximum atomic E-state index is 2.70. The second kappa shape index (κ2) is 13.8. The van der Waals surface area contributed by atoms with Gasteiger partial charge in [-0.15, -0.1) is 0 Å². The summed E-state index contributed by atoms with van der Waals surface area (Å²) in [5, 5.41) is 11.0. The molecule has 316 valence electrons. The molecule has 11 rings (SSSR count). The van der Waals surface area contributed by atoms with E-state index in [-0.39, 0.29) is 5.41 Å². The quantitative estimate of drug-likeness (QED) is 0.151. The van der Waals surface area contributed by atoms with Gasteiger partial charge in [-0.1, -0.05) is 163 Å². The first-order valence-corrected chi connectivity index (χ1v) is 23.7. The van der Waals surface area contributed by atoms with Crippen molar-refractivity contribution in [3.63, 3.8) is 0 Å². The third kappa shape index (κ3) is 5.68. The number of nitrogens with zero attached hydrogens (tertiary/aromatic N) is 2. The van der Waals surface area contributed by atoms with Gasteiger partial charge in [0.25, 0.3) is 0 Å². The standard InChI is InChI=1S/C61H62N2/c1-32(2)37-14-16-38(17-15-37)40-20-24-51-47(26-40)53-55-49-30-42(33(3)4)29-46(36(9)10)58(49)63-52-25-21-41(39-18-22-44(23-19-39)61(11,12)13)27-48(52)54(60(55)63)56-50-31-43(34(5)6)28-45(35(7)8)57(50)62(51)59(53)56/h14-36H,1-13H3. The van der Waals surface area contributed by atoms with Crippen molar-refractivity contribution < 1.29 is 0 Å². The highest BCUT2D eigenvalue weighted by Gasteiger charge is 2.32. The molecule has 0 saturated carbocycles. The third-order valence-electron chi connectivity index (χ3n) is 14.8. The van der Waals surface area contributed by atoms with Crippen LogP contribution < -0.4 is 0 Å². The van der Waals surface area contributed by atoms with E-state index < -0.39 is 0 Å². The van der Waals surface area contributed by atoms with E-state index in [1.807, 2.05) is 0 Å². The summed E-state index contributed by atoms with van der Waals surface area (Å²) >= 11 is 0. The number of benzene rings is 7. The third-order valence-corrected chi connectivity index (χ3v) is 14.8. The predicted octanol–water partition coefficient (Wildman–Crippen LogP) is 18.2. The molecular formula is C61H62N2. The molecule has 7 aromatic carbocycles. The monoisotopic (exact) mass is 822 g/mol. The predicted molar refractivity (Wildman–Crippen MR) is 276 cm³/mol. The maximum Gasteiger partial charge on any atom is 0.0634 e. The normalized spacial score (nSPS) is 13.2. The summed E-state index contributed by atoms with van der Waals surface area (Å²) in [5.74, 6) is 2.02. The highest BCUT2D eigenvalue weighted by molar-refractivity contribution is 6.45. The Bertz CT molecular complexity index is 3590. The van der Waals surface area contributed by atoms with Gasteiger partial charge in [0.05, 0.1) is 33.1 Å². The zero-order valence-electron chi connectivity index (χ0n) is 39.7. The first-order valence-electron chi connectivity index (χ1n) is 23.7. The lowest BCUT2D eigenvalue weighted by Crippen LogP contribution is -2.10. The summed E-state index contributed by atoms with van der Waals surface area (Å²) in [6, 6.07) is 43.4. The summed E-state index contributed by atoms with van der Waals surface area (Å²) in [6.45, 7) is 30.4. The lowest BCUT2D eigenvalue weighted by atomic mass is 9.86. The van der Waals surface area contributed by atoms with E-state index >= 15 is 0 Å². The van der Waals surface area contributed by atoms with Gasteiger partial charge >= 0.3 is 0 Å². The molecule has 0 bridgehead atoms. The van der Waals surface area contributed by atoms with Crippen LogP contribution in [0.2, 0.25) is 0 Å². The average Bonchev–Trinajstić information content (AvgIpc) is 3.98. The molecule has 0 aliphatic heterocycles. The van der Waals surface area contributed by atoms with Crippen LogP contribution in [0.1, 0.15) is 153 Å². The Kier molecular flexibility index (Phi) is 8.76. The Morgan fingerprint density at radius 3 is 1.06 bits per heavy atom. The van der Waals surface area contributed by atoms with Crippen molar-refractivity contribution in [3.05, 3.63) is 143 Å². The molecule has 0 N–H and O–H groups in total. The van der Waals surface area contributed by atoms with Crippen molar-refractivity contribution in [2.75, 3.05) is 0 Å². The summed E-state index contributed by atoms with van der Waals surface area (Å²) in [6.07, 6.45) is 0. The van der Waals surface area contributed by atoms with Crippen LogP contribution in [0.5, 0.6) is 0 Å². The molecule has 0 radical (unpaired) electrons. The lowest BCUT2D eigenvalue weighted by Gasteiger charge is -2.19. The second-order valence-corrected chi connectivity index (χ2v) is 21.6. The van der Waals surface area contributed by atoms with E-state index in [1.165, 1.54) is 132 Å². The SMILES string of the molecule is CC(C)c1ccc(-c2ccc3c(c2)c2c4c5cc(C(C)C)cc(C(C)C)c5n5c6ccc(-c7ccc(C(C)(C)C)cc7)cc6c(c6c7cc(C(C)C)cc(C(C)C)c7n3c26)c45)cc1. The van der Waals surface area contributed by atoms with Crippen LogP contribution >= 0.6 is 0 Å². The number of fused-ring (bicyclic) bond motifs is 14. The van der Waals surface area contributed by atoms with Crippen molar-refractivity contribution >= 4 is 76.2 Å². The first kappa shape index (κ1) is 40.0. The van der Waals surface area contributed by atoms with Crippen LogP contribution in [-0.2, 0) is 5.41 Å². The average molecular weight is 823 g/mol. The molecule has 0 spiro atoms. The number of aromatic nitrogens is 2. The van der Waals surface area contributed by atoms with E-state index in [9.17, 15) is 0 Å². The molecule has 63 heavy (non-hydrogen) atoms. The highest BCUT2D eigenvalue weighted by Crippen LogP contribution is 2.54. The van der Waals surface area contributed by atoms with Gasteiger partial charge in [-0.25, -0.2) is 0 Å². The molecule has 0 aliphatic rings. The maximum absolute atomic E-state index is 2.70. The van der Waals surface area contributed by atoms with Gasteiger partial charge in [-0.2, -0.15) is 0 Å². The lowest BCUT2D eigenvalue weighted by molar-refractivity contribution is 0.590. The summed E-state index contributed by atoms with van der Waals surface area (Å²) in [7, 11) is 0. The van der Waals surface area contributed by atoms with Crippen LogP contribution in [0.15, 0.2) is 109 Å². The van der Waals surface area contributed by atoms with Crippen LogP contribution in [0.25, 0.3) is 98.4 Å². The van der Waals surface area contributed by atoms with Gasteiger partial charge in [-0.3, -0.25) is 0 Å². The van der Waals surface area contributed by atoms with Crippen LogP contribution in [0.4, 0.5) is 0 Å². The minimum absolute atomic E-state index is 0.102. The van der Waals surface area contributed by atoms with Gasteiger partial charge in [-0.05, 0) is 127 Å². The molecule has 2 heteroatoms. The van der Waals surface area contributed by atoms with E-state index in [0.717, 1.165) is 0 Å². The van der Waals surface area contributed by atoms with Gasteiger partial charge in [0.15, 0.2) is 0 Å². The van der Waals surface area contributed by atoms with Crippen LogP contribution in [0.3, 0.4) is 0 Å². The first-order chi connectivity index (χ1) is 30.0. The molecule has 4 aromatic heterocycles. The van der Waals surface area contributed by atoms with E-state index in [0.29, 0.717) is 29.6 Å². The smallest absolute Gasteiger partial charge is 0.0634 e. The van der Waals surface area contributed by atoms with Gasteiger partial charge in [0.1, 0.15) is 0 Å². The summed E-state index contributed by atoms with van der Waals surface area (Å²) in [5.41, 5.74) is 21.6. The molecule has 4 heterocycles. The highest BCUT2D eigenvalue weighted by atomic mass is 14.9. The molecule has 0 aliphatic carbocycles. The zero-order chi connectivity index (χ0) is 44.1. The summed E-state index contributed by atoms with van der Waals surface area (Å²) < 4.78 is 5.39. The fraction of sp³-hybridized carbons (Fsp3) is 0.311.